The number of amides is 1. The molecule has 112 valence electrons. The van der Waals surface area contributed by atoms with Crippen molar-refractivity contribution in [3.63, 3.8) is 0 Å². The minimum atomic E-state index is -0.130. The van der Waals surface area contributed by atoms with Crippen molar-refractivity contribution in [1.29, 1.82) is 0 Å². The third-order valence-electron chi connectivity index (χ3n) is 3.65. The molecule has 1 atom stereocenters. The van der Waals surface area contributed by atoms with Crippen LogP contribution in [0, 0.1) is 0 Å². The molecule has 7 heteroatoms. The van der Waals surface area contributed by atoms with E-state index in [-0.39, 0.29) is 18.0 Å². The number of nitrogen functional groups attached to an aromatic ring is 1. The lowest BCUT2D eigenvalue weighted by Gasteiger charge is -2.29. The number of hydrogen-bond acceptors (Lipinski definition) is 6. The topological polar surface area (TPSA) is 97.3 Å². The van der Waals surface area contributed by atoms with E-state index in [4.69, 9.17) is 11.5 Å². The Hall–Kier alpha value is -1.34. The number of rotatable bonds is 4. The summed E-state index contributed by atoms with van der Waals surface area (Å²) in [7, 11) is 0. The van der Waals surface area contributed by atoms with Gasteiger partial charge in [0.15, 0.2) is 5.13 Å². The van der Waals surface area contributed by atoms with Gasteiger partial charge in [-0.15, -0.1) is 0 Å². The predicted octanol–water partition coefficient (Wildman–Crippen LogP) is 1.18. The van der Waals surface area contributed by atoms with Crippen LogP contribution in [0.15, 0.2) is 0 Å². The van der Waals surface area contributed by atoms with Gasteiger partial charge in [0.2, 0.25) is 0 Å². The van der Waals surface area contributed by atoms with E-state index in [0.29, 0.717) is 10.7 Å². The molecule has 1 aliphatic rings. The Labute approximate surface area is 123 Å². The molecule has 0 bridgehead atoms. The van der Waals surface area contributed by atoms with Crippen LogP contribution in [0.5, 0.6) is 0 Å². The number of anilines is 2. The average molecular weight is 297 g/mol. The number of thiazole rings is 1. The summed E-state index contributed by atoms with van der Waals surface area (Å²) in [4.78, 5) is 19.1. The van der Waals surface area contributed by atoms with Crippen molar-refractivity contribution in [3.05, 3.63) is 4.88 Å². The maximum Gasteiger partial charge on any atom is 0.265 e. The molecule has 1 aliphatic heterocycles. The van der Waals surface area contributed by atoms with Crippen LogP contribution < -0.4 is 21.7 Å². The van der Waals surface area contributed by atoms with E-state index in [1.54, 1.807) is 0 Å². The number of aromatic nitrogens is 1. The summed E-state index contributed by atoms with van der Waals surface area (Å²) < 4.78 is 0. The number of nitrogens with one attached hydrogen (secondary N) is 1. The van der Waals surface area contributed by atoms with E-state index < -0.39 is 0 Å². The van der Waals surface area contributed by atoms with Gasteiger partial charge in [0.05, 0.1) is 0 Å². The molecule has 1 aromatic rings. The third-order valence-corrected chi connectivity index (χ3v) is 4.78. The highest BCUT2D eigenvalue weighted by molar-refractivity contribution is 7.18. The first-order chi connectivity index (χ1) is 9.51. The smallest absolute Gasteiger partial charge is 0.265 e. The van der Waals surface area contributed by atoms with Gasteiger partial charge in [-0.05, 0) is 26.2 Å². The minimum absolute atomic E-state index is 0.130. The van der Waals surface area contributed by atoms with Crippen molar-refractivity contribution in [2.24, 2.45) is 5.73 Å². The van der Waals surface area contributed by atoms with E-state index in [1.807, 2.05) is 13.8 Å². The van der Waals surface area contributed by atoms with Crippen LogP contribution in [0.25, 0.3) is 0 Å². The van der Waals surface area contributed by atoms with E-state index in [1.165, 1.54) is 11.3 Å². The summed E-state index contributed by atoms with van der Waals surface area (Å²) in [6, 6.07) is 0.414. The number of piperidine rings is 1. The Balaban J connectivity index is 2.07. The molecule has 0 radical (unpaired) electrons. The SMILES string of the molecule is CCC(C)NC(=O)c1sc(N2CCC(N)CC2)nc1N. The van der Waals surface area contributed by atoms with Crippen LogP contribution in [-0.4, -0.2) is 36.1 Å². The summed E-state index contributed by atoms with van der Waals surface area (Å²) in [5, 5.41) is 3.75. The Morgan fingerprint density at radius 3 is 2.80 bits per heavy atom. The Bertz CT molecular complexity index is 467. The van der Waals surface area contributed by atoms with Crippen LogP contribution in [0.2, 0.25) is 0 Å². The molecular weight excluding hydrogens is 274 g/mol. The van der Waals surface area contributed by atoms with Crippen molar-refractivity contribution in [1.82, 2.24) is 10.3 Å². The molecule has 2 rings (SSSR count). The van der Waals surface area contributed by atoms with Gasteiger partial charge in [-0.2, -0.15) is 0 Å². The highest BCUT2D eigenvalue weighted by Gasteiger charge is 2.23. The van der Waals surface area contributed by atoms with Crippen molar-refractivity contribution >= 4 is 28.2 Å². The van der Waals surface area contributed by atoms with E-state index in [2.05, 4.69) is 15.2 Å². The lowest BCUT2D eigenvalue weighted by atomic mass is 10.1. The van der Waals surface area contributed by atoms with Gasteiger partial charge < -0.3 is 21.7 Å². The summed E-state index contributed by atoms with van der Waals surface area (Å²) in [6.45, 7) is 5.76. The van der Waals surface area contributed by atoms with Crippen LogP contribution >= 0.6 is 11.3 Å². The molecule has 1 aromatic heterocycles. The zero-order valence-electron chi connectivity index (χ0n) is 12.1. The monoisotopic (exact) mass is 297 g/mol. The molecule has 1 saturated heterocycles. The number of nitrogens with zero attached hydrogens (tertiary/aromatic N) is 2. The summed E-state index contributed by atoms with van der Waals surface area (Å²) in [5.74, 6) is 0.190. The van der Waals surface area contributed by atoms with Crippen LogP contribution in [0.4, 0.5) is 10.9 Å². The molecule has 0 spiro atoms. The number of carbonyl (C=O) groups excluding carboxylic acids is 1. The largest absolute Gasteiger partial charge is 0.382 e. The summed E-state index contributed by atoms with van der Waals surface area (Å²) >= 11 is 1.36. The molecule has 0 aliphatic carbocycles. The van der Waals surface area contributed by atoms with Gasteiger partial charge in [-0.1, -0.05) is 18.3 Å². The van der Waals surface area contributed by atoms with Crippen molar-refractivity contribution in [2.75, 3.05) is 23.7 Å². The lowest BCUT2D eigenvalue weighted by molar-refractivity contribution is 0.0944. The molecule has 5 N–H and O–H groups in total. The van der Waals surface area contributed by atoms with E-state index in [0.717, 1.165) is 37.5 Å². The van der Waals surface area contributed by atoms with Gasteiger partial charge in [0.1, 0.15) is 10.7 Å². The van der Waals surface area contributed by atoms with Gasteiger partial charge in [-0.25, -0.2) is 4.98 Å². The molecule has 2 heterocycles. The summed E-state index contributed by atoms with van der Waals surface area (Å²) in [6.07, 6.45) is 2.79. The van der Waals surface area contributed by atoms with Gasteiger partial charge >= 0.3 is 0 Å². The highest BCUT2D eigenvalue weighted by Crippen LogP contribution is 2.29. The van der Waals surface area contributed by atoms with Crippen LogP contribution in [0.3, 0.4) is 0 Å². The minimum Gasteiger partial charge on any atom is -0.382 e. The van der Waals surface area contributed by atoms with Crippen LogP contribution in [0.1, 0.15) is 42.8 Å². The first-order valence-electron chi connectivity index (χ1n) is 7.09. The molecule has 0 saturated carbocycles. The van der Waals surface area contributed by atoms with Crippen molar-refractivity contribution < 1.29 is 4.79 Å². The highest BCUT2D eigenvalue weighted by atomic mass is 32.1. The second-order valence-corrected chi connectivity index (χ2v) is 6.30. The second kappa shape index (κ2) is 6.41. The Kier molecular flexibility index (Phi) is 4.82. The molecule has 0 aromatic carbocycles. The number of nitrogens with two attached hydrogens (primary N) is 2. The van der Waals surface area contributed by atoms with E-state index in [9.17, 15) is 4.79 Å². The van der Waals surface area contributed by atoms with Crippen LogP contribution in [-0.2, 0) is 0 Å². The summed E-state index contributed by atoms with van der Waals surface area (Å²) in [5.41, 5.74) is 11.8. The Morgan fingerprint density at radius 2 is 2.20 bits per heavy atom. The molecule has 6 nitrogen and oxygen atoms in total. The molecule has 1 amide bonds. The fourth-order valence-electron chi connectivity index (χ4n) is 2.10. The Morgan fingerprint density at radius 1 is 1.55 bits per heavy atom. The fraction of sp³-hybridized carbons (Fsp3) is 0.692. The predicted molar refractivity (Wildman–Crippen MR) is 83.2 cm³/mol. The number of carbonyl (C=O) groups is 1. The molecule has 1 unspecified atom stereocenters. The fourth-order valence-corrected chi connectivity index (χ4v) is 3.04. The first kappa shape index (κ1) is 15.1. The van der Waals surface area contributed by atoms with Crippen molar-refractivity contribution in [2.45, 2.75) is 45.2 Å². The van der Waals surface area contributed by atoms with Gasteiger partial charge in [0.25, 0.3) is 5.91 Å². The van der Waals surface area contributed by atoms with Gasteiger partial charge in [-0.3, -0.25) is 4.79 Å². The third kappa shape index (κ3) is 3.40. The molecule has 20 heavy (non-hydrogen) atoms. The molecule has 1 fully saturated rings. The average Bonchev–Trinajstić information content (AvgIpc) is 2.81. The first-order valence-corrected chi connectivity index (χ1v) is 7.90. The quantitative estimate of drug-likeness (QED) is 0.775. The van der Waals surface area contributed by atoms with Crippen molar-refractivity contribution in [3.8, 4) is 0 Å². The maximum atomic E-state index is 12.1. The van der Waals surface area contributed by atoms with E-state index >= 15 is 0 Å². The zero-order chi connectivity index (χ0) is 14.7. The number of hydrogen-bond donors (Lipinski definition) is 3. The standard InChI is InChI=1S/C13H23N5OS/c1-3-8(2)16-12(19)10-11(15)17-13(20-10)18-6-4-9(14)5-7-18/h8-9H,3-7,14-15H2,1-2H3,(H,16,19). The second-order valence-electron chi connectivity index (χ2n) is 5.32. The normalized spacial score (nSPS) is 18.1. The molecular formula is C13H23N5OS. The maximum absolute atomic E-state index is 12.1. The van der Waals surface area contributed by atoms with Gasteiger partial charge in [0, 0.05) is 25.2 Å². The zero-order valence-corrected chi connectivity index (χ0v) is 12.9. The lowest BCUT2D eigenvalue weighted by Crippen LogP contribution is -2.39.